The van der Waals surface area contributed by atoms with Gasteiger partial charge in [0.05, 0.1) is 0 Å². The smallest absolute Gasteiger partial charge is 0.315 e. The number of urea groups is 1. The highest BCUT2D eigenvalue weighted by Gasteiger charge is 2.18. The highest BCUT2D eigenvalue weighted by atomic mass is 16.2. The Labute approximate surface area is 66.5 Å². The molecule has 1 saturated carbocycles. The van der Waals surface area contributed by atoms with Gasteiger partial charge >= 0.3 is 6.03 Å². The first-order chi connectivity index (χ1) is 5.33. The summed E-state index contributed by atoms with van der Waals surface area (Å²) in [5.74, 6) is 0. The number of nitrogens with two attached hydrogens (primary N) is 1. The summed E-state index contributed by atoms with van der Waals surface area (Å²) in [5.41, 5.74) is 5.21. The molecule has 1 aliphatic rings. The Bertz CT molecular complexity index is 134. The Morgan fingerprint density at radius 2 is 2.27 bits per heavy atom. The highest BCUT2D eigenvalue weighted by molar-refractivity contribution is 5.74. The summed E-state index contributed by atoms with van der Waals surface area (Å²) in [6, 6.07) is 0.327. The van der Waals surface area contributed by atoms with Crippen molar-refractivity contribution in [2.45, 2.75) is 25.3 Å². The van der Waals surface area contributed by atoms with Crippen LogP contribution in [0.3, 0.4) is 0 Å². The van der Waals surface area contributed by atoms with Crippen LogP contribution >= 0.6 is 0 Å². The van der Waals surface area contributed by atoms with Crippen molar-refractivity contribution in [2.24, 2.45) is 5.73 Å². The van der Waals surface area contributed by atoms with Crippen LogP contribution < -0.4 is 16.4 Å². The predicted molar refractivity (Wildman–Crippen MR) is 43.2 cm³/mol. The number of rotatable bonds is 3. The lowest BCUT2D eigenvalue weighted by molar-refractivity contribution is 0.228. The molecular formula is C7H15N3O. The molecule has 2 amide bonds. The number of carbonyl (C=O) groups excluding carboxylic acids is 1. The van der Waals surface area contributed by atoms with E-state index in [1.54, 1.807) is 0 Å². The number of amides is 2. The normalized spacial score (nSPS) is 17.2. The second kappa shape index (κ2) is 4.18. The van der Waals surface area contributed by atoms with E-state index in [1.165, 1.54) is 6.42 Å². The SMILES string of the molecule is NCCNC(=O)NC1CCC1. The lowest BCUT2D eigenvalue weighted by atomic mass is 9.93. The van der Waals surface area contributed by atoms with Crippen molar-refractivity contribution in [3.63, 3.8) is 0 Å². The van der Waals surface area contributed by atoms with Crippen molar-refractivity contribution in [2.75, 3.05) is 13.1 Å². The minimum Gasteiger partial charge on any atom is -0.337 e. The summed E-state index contributed by atoms with van der Waals surface area (Å²) in [6.07, 6.45) is 3.48. The van der Waals surface area contributed by atoms with Crippen LogP contribution in [-0.2, 0) is 0 Å². The lowest BCUT2D eigenvalue weighted by Crippen LogP contribution is -2.46. The molecule has 0 saturated heterocycles. The second-order valence-corrected chi connectivity index (χ2v) is 2.82. The van der Waals surface area contributed by atoms with Crippen molar-refractivity contribution in [1.82, 2.24) is 10.6 Å². The van der Waals surface area contributed by atoms with E-state index in [0.717, 1.165) is 12.8 Å². The predicted octanol–water partition coefficient (Wildman–Crippen LogP) is -0.203. The molecule has 0 aromatic heterocycles. The van der Waals surface area contributed by atoms with Crippen LogP contribution in [-0.4, -0.2) is 25.2 Å². The van der Waals surface area contributed by atoms with Crippen LogP contribution in [0.2, 0.25) is 0 Å². The third kappa shape index (κ3) is 2.76. The van der Waals surface area contributed by atoms with E-state index in [2.05, 4.69) is 10.6 Å². The average Bonchev–Trinajstić information content (AvgIpc) is 1.93. The molecule has 1 rings (SSSR count). The zero-order valence-electron chi connectivity index (χ0n) is 6.60. The highest BCUT2D eigenvalue weighted by Crippen LogP contribution is 2.17. The molecule has 0 spiro atoms. The molecule has 64 valence electrons. The molecule has 0 radical (unpaired) electrons. The molecule has 0 aromatic carbocycles. The fourth-order valence-electron chi connectivity index (χ4n) is 0.975. The van der Waals surface area contributed by atoms with E-state index in [1.807, 2.05) is 0 Å². The van der Waals surface area contributed by atoms with Crippen LogP contribution in [0, 0.1) is 0 Å². The van der Waals surface area contributed by atoms with Crippen LogP contribution in [0.4, 0.5) is 4.79 Å². The van der Waals surface area contributed by atoms with Gasteiger partial charge in [0, 0.05) is 19.1 Å². The maximum Gasteiger partial charge on any atom is 0.315 e. The first kappa shape index (κ1) is 8.33. The summed E-state index contributed by atoms with van der Waals surface area (Å²) in [6.45, 7) is 1.05. The van der Waals surface area contributed by atoms with Crippen molar-refractivity contribution < 1.29 is 4.79 Å². The van der Waals surface area contributed by atoms with Gasteiger partial charge in [0.15, 0.2) is 0 Å². The number of hydrogen-bond acceptors (Lipinski definition) is 2. The first-order valence-electron chi connectivity index (χ1n) is 4.07. The Balaban J connectivity index is 2.00. The molecule has 0 unspecified atom stereocenters. The molecule has 1 fully saturated rings. The largest absolute Gasteiger partial charge is 0.337 e. The maximum absolute atomic E-state index is 10.9. The molecule has 0 bridgehead atoms. The first-order valence-corrected chi connectivity index (χ1v) is 4.07. The monoisotopic (exact) mass is 157 g/mol. The van der Waals surface area contributed by atoms with Gasteiger partial charge in [-0.1, -0.05) is 0 Å². The molecular weight excluding hydrogens is 142 g/mol. The lowest BCUT2D eigenvalue weighted by Gasteiger charge is -2.26. The quantitative estimate of drug-likeness (QED) is 0.531. The van der Waals surface area contributed by atoms with E-state index >= 15 is 0 Å². The van der Waals surface area contributed by atoms with Gasteiger partial charge in [-0.2, -0.15) is 0 Å². The van der Waals surface area contributed by atoms with E-state index in [9.17, 15) is 4.79 Å². The van der Waals surface area contributed by atoms with E-state index in [4.69, 9.17) is 5.73 Å². The van der Waals surface area contributed by atoms with Gasteiger partial charge in [0.2, 0.25) is 0 Å². The zero-order chi connectivity index (χ0) is 8.10. The minimum atomic E-state index is -0.0832. The van der Waals surface area contributed by atoms with Gasteiger partial charge < -0.3 is 16.4 Å². The van der Waals surface area contributed by atoms with Crippen molar-refractivity contribution in [1.29, 1.82) is 0 Å². The van der Waals surface area contributed by atoms with Crippen LogP contribution in [0.25, 0.3) is 0 Å². The van der Waals surface area contributed by atoms with E-state index in [-0.39, 0.29) is 6.03 Å². The van der Waals surface area contributed by atoms with Crippen molar-refractivity contribution in [3.05, 3.63) is 0 Å². The van der Waals surface area contributed by atoms with Gasteiger partial charge in [-0.3, -0.25) is 0 Å². The van der Waals surface area contributed by atoms with Gasteiger partial charge in [-0.25, -0.2) is 4.79 Å². The Morgan fingerprint density at radius 3 is 2.73 bits per heavy atom. The molecule has 0 aliphatic heterocycles. The molecule has 0 aromatic rings. The summed E-state index contributed by atoms with van der Waals surface area (Å²) < 4.78 is 0. The van der Waals surface area contributed by atoms with Crippen LogP contribution in [0.1, 0.15) is 19.3 Å². The zero-order valence-corrected chi connectivity index (χ0v) is 6.60. The molecule has 4 nitrogen and oxygen atoms in total. The van der Waals surface area contributed by atoms with Gasteiger partial charge in [-0.05, 0) is 19.3 Å². The standard InChI is InChI=1S/C7H15N3O/c8-4-5-9-7(11)10-6-2-1-3-6/h6H,1-5,8H2,(H2,9,10,11). The molecule has 0 heterocycles. The maximum atomic E-state index is 10.9. The third-order valence-electron chi connectivity index (χ3n) is 1.87. The van der Waals surface area contributed by atoms with Gasteiger partial charge in [-0.15, -0.1) is 0 Å². The van der Waals surface area contributed by atoms with Crippen molar-refractivity contribution >= 4 is 6.03 Å². The number of nitrogens with one attached hydrogen (secondary N) is 2. The van der Waals surface area contributed by atoms with E-state index in [0.29, 0.717) is 19.1 Å². The van der Waals surface area contributed by atoms with Crippen molar-refractivity contribution in [3.8, 4) is 0 Å². The fourth-order valence-corrected chi connectivity index (χ4v) is 0.975. The van der Waals surface area contributed by atoms with Crippen LogP contribution in [0.15, 0.2) is 0 Å². The summed E-state index contributed by atoms with van der Waals surface area (Å²) in [7, 11) is 0. The van der Waals surface area contributed by atoms with Gasteiger partial charge in [0.1, 0.15) is 0 Å². The molecule has 0 atom stereocenters. The van der Waals surface area contributed by atoms with Gasteiger partial charge in [0.25, 0.3) is 0 Å². The average molecular weight is 157 g/mol. The van der Waals surface area contributed by atoms with E-state index < -0.39 is 0 Å². The summed E-state index contributed by atoms with van der Waals surface area (Å²) in [5, 5.41) is 5.50. The molecule has 4 N–H and O–H groups in total. The Morgan fingerprint density at radius 1 is 1.55 bits per heavy atom. The Kier molecular flexibility index (Phi) is 3.16. The molecule has 4 heteroatoms. The number of carbonyl (C=O) groups is 1. The second-order valence-electron chi connectivity index (χ2n) is 2.82. The minimum absolute atomic E-state index is 0.0832. The third-order valence-corrected chi connectivity index (χ3v) is 1.87. The van der Waals surface area contributed by atoms with Crippen LogP contribution in [0.5, 0.6) is 0 Å². The fraction of sp³-hybridized carbons (Fsp3) is 0.857. The number of hydrogen-bond donors (Lipinski definition) is 3. The topological polar surface area (TPSA) is 67.1 Å². The summed E-state index contributed by atoms with van der Waals surface area (Å²) >= 11 is 0. The summed E-state index contributed by atoms with van der Waals surface area (Å²) in [4.78, 5) is 10.9. The molecule has 11 heavy (non-hydrogen) atoms. The molecule has 1 aliphatic carbocycles. The Hall–Kier alpha value is -0.770.